The predicted octanol–water partition coefficient (Wildman–Crippen LogP) is -0.854. The third kappa shape index (κ3) is 6.87. The summed E-state index contributed by atoms with van der Waals surface area (Å²) in [6, 6.07) is -0.513. The van der Waals surface area contributed by atoms with Gasteiger partial charge in [-0.05, 0) is 13.0 Å². The smallest absolute Gasteiger partial charge is 0.321 e. The molecular formula is C9H19N3O3. The minimum atomic E-state index is -0.513. The molecule has 15 heavy (non-hydrogen) atoms. The normalized spacial score (nSPS) is 10.1. The molecule has 0 bridgehead atoms. The fourth-order valence-corrected chi connectivity index (χ4v) is 1.16. The molecule has 0 aliphatic rings. The number of aliphatic hydroxyl groups is 1. The van der Waals surface area contributed by atoms with E-state index >= 15 is 0 Å². The SMILES string of the molecule is CCCN(CCO)CC(=O)NC(=O)NC. The quantitative estimate of drug-likeness (QED) is 0.541. The van der Waals surface area contributed by atoms with Gasteiger partial charge in [0.05, 0.1) is 13.2 Å². The Kier molecular flexibility index (Phi) is 7.57. The van der Waals surface area contributed by atoms with Crippen LogP contribution in [0.25, 0.3) is 0 Å². The monoisotopic (exact) mass is 217 g/mol. The summed E-state index contributed by atoms with van der Waals surface area (Å²) in [5, 5.41) is 13.2. The van der Waals surface area contributed by atoms with Gasteiger partial charge in [-0.3, -0.25) is 15.0 Å². The maximum atomic E-state index is 11.3. The van der Waals surface area contributed by atoms with E-state index in [4.69, 9.17) is 5.11 Å². The summed E-state index contributed by atoms with van der Waals surface area (Å²) in [5.41, 5.74) is 0. The zero-order valence-corrected chi connectivity index (χ0v) is 9.25. The highest BCUT2D eigenvalue weighted by Crippen LogP contribution is 1.90. The summed E-state index contributed by atoms with van der Waals surface area (Å²) in [4.78, 5) is 23.9. The van der Waals surface area contributed by atoms with Crippen LogP contribution in [-0.4, -0.2) is 55.2 Å². The number of nitrogens with zero attached hydrogens (tertiary/aromatic N) is 1. The van der Waals surface area contributed by atoms with Crippen molar-refractivity contribution in [3.05, 3.63) is 0 Å². The first-order valence-electron chi connectivity index (χ1n) is 4.98. The van der Waals surface area contributed by atoms with E-state index in [-0.39, 0.29) is 19.1 Å². The minimum absolute atomic E-state index is 0.00720. The molecule has 0 fully saturated rings. The van der Waals surface area contributed by atoms with Gasteiger partial charge in [0, 0.05) is 13.6 Å². The van der Waals surface area contributed by atoms with Crippen LogP contribution in [0.3, 0.4) is 0 Å². The standard InChI is InChI=1S/C9H19N3O3/c1-3-4-12(5-6-13)7-8(14)11-9(15)10-2/h13H,3-7H2,1-2H3,(H2,10,11,14,15). The Morgan fingerprint density at radius 2 is 2.00 bits per heavy atom. The lowest BCUT2D eigenvalue weighted by molar-refractivity contribution is -0.121. The largest absolute Gasteiger partial charge is 0.395 e. The van der Waals surface area contributed by atoms with Crippen LogP contribution in [-0.2, 0) is 4.79 Å². The van der Waals surface area contributed by atoms with E-state index in [0.29, 0.717) is 6.54 Å². The maximum Gasteiger partial charge on any atom is 0.321 e. The molecule has 3 N–H and O–H groups in total. The van der Waals surface area contributed by atoms with Crippen molar-refractivity contribution in [2.24, 2.45) is 0 Å². The van der Waals surface area contributed by atoms with Gasteiger partial charge in [0.15, 0.2) is 0 Å². The number of rotatable bonds is 6. The molecule has 0 saturated heterocycles. The molecule has 0 aromatic heterocycles. The van der Waals surface area contributed by atoms with Crippen LogP contribution in [0.1, 0.15) is 13.3 Å². The second-order valence-electron chi connectivity index (χ2n) is 3.13. The van der Waals surface area contributed by atoms with Gasteiger partial charge in [-0.2, -0.15) is 0 Å². The third-order valence-electron chi connectivity index (χ3n) is 1.80. The molecule has 0 aromatic carbocycles. The number of carbonyl (C=O) groups is 2. The van der Waals surface area contributed by atoms with Gasteiger partial charge < -0.3 is 10.4 Å². The molecule has 0 saturated carbocycles. The summed E-state index contributed by atoms with van der Waals surface area (Å²) >= 11 is 0. The van der Waals surface area contributed by atoms with Gasteiger partial charge >= 0.3 is 6.03 Å². The predicted molar refractivity (Wildman–Crippen MR) is 56.4 cm³/mol. The Hall–Kier alpha value is -1.14. The van der Waals surface area contributed by atoms with Crippen LogP contribution < -0.4 is 10.6 Å². The molecule has 6 heteroatoms. The van der Waals surface area contributed by atoms with Crippen LogP contribution in [0.2, 0.25) is 0 Å². The molecular weight excluding hydrogens is 198 g/mol. The number of aliphatic hydroxyl groups excluding tert-OH is 1. The average molecular weight is 217 g/mol. The molecule has 0 aromatic rings. The molecule has 0 rings (SSSR count). The first kappa shape index (κ1) is 13.9. The summed E-state index contributed by atoms with van der Waals surface area (Å²) in [5.74, 6) is -0.365. The molecule has 0 aliphatic carbocycles. The number of hydrogen-bond donors (Lipinski definition) is 3. The second kappa shape index (κ2) is 8.19. The fraction of sp³-hybridized carbons (Fsp3) is 0.778. The van der Waals surface area contributed by atoms with Crippen LogP contribution in [0.4, 0.5) is 4.79 Å². The molecule has 0 aliphatic heterocycles. The Labute approximate surface area is 89.6 Å². The highest BCUT2D eigenvalue weighted by atomic mass is 16.3. The van der Waals surface area contributed by atoms with Crippen molar-refractivity contribution in [2.45, 2.75) is 13.3 Å². The maximum absolute atomic E-state index is 11.3. The second-order valence-corrected chi connectivity index (χ2v) is 3.13. The van der Waals surface area contributed by atoms with Gasteiger partial charge in [0.25, 0.3) is 0 Å². The molecule has 0 radical (unpaired) electrons. The Morgan fingerprint density at radius 1 is 1.33 bits per heavy atom. The molecule has 0 heterocycles. The molecule has 3 amide bonds. The lowest BCUT2D eigenvalue weighted by atomic mass is 10.4. The van der Waals surface area contributed by atoms with Gasteiger partial charge in [0.1, 0.15) is 0 Å². The zero-order valence-electron chi connectivity index (χ0n) is 9.25. The van der Waals surface area contributed by atoms with E-state index < -0.39 is 6.03 Å². The number of urea groups is 1. The van der Waals surface area contributed by atoms with E-state index in [0.717, 1.165) is 13.0 Å². The van der Waals surface area contributed by atoms with Crippen LogP contribution >= 0.6 is 0 Å². The first-order valence-corrected chi connectivity index (χ1v) is 4.98. The highest BCUT2D eigenvalue weighted by Gasteiger charge is 2.11. The van der Waals surface area contributed by atoms with Gasteiger partial charge in [0.2, 0.25) is 5.91 Å². The van der Waals surface area contributed by atoms with E-state index in [9.17, 15) is 9.59 Å². The number of nitrogens with one attached hydrogen (secondary N) is 2. The average Bonchev–Trinajstić information content (AvgIpc) is 2.18. The number of hydrogen-bond acceptors (Lipinski definition) is 4. The van der Waals surface area contributed by atoms with Crippen molar-refractivity contribution in [2.75, 3.05) is 33.3 Å². The highest BCUT2D eigenvalue weighted by molar-refractivity contribution is 5.95. The Balaban J connectivity index is 3.93. The van der Waals surface area contributed by atoms with E-state index in [2.05, 4.69) is 10.6 Å². The van der Waals surface area contributed by atoms with Gasteiger partial charge in [-0.1, -0.05) is 6.92 Å². The topological polar surface area (TPSA) is 81.7 Å². The van der Waals surface area contributed by atoms with E-state index in [1.165, 1.54) is 7.05 Å². The van der Waals surface area contributed by atoms with Crippen molar-refractivity contribution in [3.63, 3.8) is 0 Å². The van der Waals surface area contributed by atoms with E-state index in [1.54, 1.807) is 4.90 Å². The Bertz CT molecular complexity index is 203. The molecule has 6 nitrogen and oxygen atoms in total. The first-order chi connectivity index (χ1) is 7.13. The zero-order chi connectivity index (χ0) is 11.7. The van der Waals surface area contributed by atoms with Crippen molar-refractivity contribution in [1.29, 1.82) is 0 Å². The van der Waals surface area contributed by atoms with E-state index in [1.807, 2.05) is 6.92 Å². The Morgan fingerprint density at radius 3 is 2.47 bits per heavy atom. The van der Waals surface area contributed by atoms with Crippen molar-refractivity contribution >= 4 is 11.9 Å². The minimum Gasteiger partial charge on any atom is -0.395 e. The van der Waals surface area contributed by atoms with Crippen LogP contribution in [0.15, 0.2) is 0 Å². The molecule has 88 valence electrons. The lowest BCUT2D eigenvalue weighted by Crippen LogP contribution is -2.44. The molecule has 0 unspecified atom stereocenters. The summed E-state index contributed by atoms with van der Waals surface area (Å²) < 4.78 is 0. The third-order valence-corrected chi connectivity index (χ3v) is 1.80. The number of carbonyl (C=O) groups excluding carboxylic acids is 2. The summed E-state index contributed by atoms with van der Waals surface area (Å²) in [6.45, 7) is 3.28. The lowest BCUT2D eigenvalue weighted by Gasteiger charge is -2.19. The van der Waals surface area contributed by atoms with Crippen LogP contribution in [0, 0.1) is 0 Å². The summed E-state index contributed by atoms with van der Waals surface area (Å²) in [7, 11) is 1.44. The van der Waals surface area contributed by atoms with Crippen molar-refractivity contribution in [1.82, 2.24) is 15.5 Å². The fourth-order valence-electron chi connectivity index (χ4n) is 1.16. The van der Waals surface area contributed by atoms with Crippen molar-refractivity contribution in [3.8, 4) is 0 Å². The summed E-state index contributed by atoms with van der Waals surface area (Å²) in [6.07, 6.45) is 0.896. The molecule has 0 spiro atoms. The molecule has 0 atom stereocenters. The number of imide groups is 1. The van der Waals surface area contributed by atoms with Gasteiger partial charge in [-0.25, -0.2) is 4.79 Å². The van der Waals surface area contributed by atoms with Gasteiger partial charge in [-0.15, -0.1) is 0 Å². The number of amides is 3. The van der Waals surface area contributed by atoms with Crippen LogP contribution in [0.5, 0.6) is 0 Å². The van der Waals surface area contributed by atoms with Crippen molar-refractivity contribution < 1.29 is 14.7 Å².